The Kier molecular flexibility index (Phi) is 10.6. The van der Waals surface area contributed by atoms with E-state index in [0.717, 1.165) is 0 Å². The van der Waals surface area contributed by atoms with Crippen LogP contribution >= 0.6 is 0 Å². The van der Waals surface area contributed by atoms with Crippen LogP contribution in [-0.4, -0.2) is 4.92 Å². The third kappa shape index (κ3) is 6.74. The zero-order valence-electron chi connectivity index (χ0n) is 7.78. The Labute approximate surface area is 73.2 Å². The molecule has 0 saturated heterocycles. The van der Waals surface area contributed by atoms with Crippen molar-refractivity contribution in [1.82, 2.24) is 0 Å². The molecular weight excluding hydrogens is 154 g/mol. The SMILES string of the molecule is C=C/C=C(\C=C/C)[N+](=O)[O-].CC. The van der Waals surface area contributed by atoms with Gasteiger partial charge in [0.05, 0.1) is 4.92 Å². The first kappa shape index (κ1) is 13.2. The molecule has 0 bridgehead atoms. The number of nitrogens with zero attached hydrogens (tertiary/aromatic N) is 1. The van der Waals surface area contributed by atoms with Crippen molar-refractivity contribution >= 4 is 0 Å². The van der Waals surface area contributed by atoms with E-state index < -0.39 is 4.92 Å². The molecule has 68 valence electrons. The van der Waals surface area contributed by atoms with Crippen LogP contribution in [0.25, 0.3) is 0 Å². The normalized spacial score (nSPS) is 10.4. The van der Waals surface area contributed by atoms with Crippen LogP contribution in [0.3, 0.4) is 0 Å². The molecule has 12 heavy (non-hydrogen) atoms. The molecule has 3 nitrogen and oxygen atoms in total. The van der Waals surface area contributed by atoms with Gasteiger partial charge in [-0.2, -0.15) is 0 Å². The highest BCUT2D eigenvalue weighted by Gasteiger charge is 2.00. The zero-order valence-corrected chi connectivity index (χ0v) is 7.78. The summed E-state index contributed by atoms with van der Waals surface area (Å²) in [6, 6.07) is 0. The second kappa shape index (κ2) is 9.62. The summed E-state index contributed by atoms with van der Waals surface area (Å²) in [5.41, 5.74) is 0.0532. The maximum atomic E-state index is 10.1. The number of rotatable bonds is 3. The van der Waals surface area contributed by atoms with Crippen molar-refractivity contribution < 1.29 is 4.92 Å². The quantitative estimate of drug-likeness (QED) is 0.370. The lowest BCUT2D eigenvalue weighted by Crippen LogP contribution is -1.93. The van der Waals surface area contributed by atoms with Crippen LogP contribution in [0.4, 0.5) is 0 Å². The fourth-order valence-corrected chi connectivity index (χ4v) is 0.469. The highest BCUT2D eigenvalue weighted by Crippen LogP contribution is 1.96. The topological polar surface area (TPSA) is 43.1 Å². The first-order valence-corrected chi connectivity index (χ1v) is 3.82. The van der Waals surface area contributed by atoms with Crippen LogP contribution in [-0.2, 0) is 0 Å². The van der Waals surface area contributed by atoms with E-state index in [4.69, 9.17) is 0 Å². The minimum atomic E-state index is -0.457. The summed E-state index contributed by atoms with van der Waals surface area (Å²) < 4.78 is 0. The number of hydrogen-bond donors (Lipinski definition) is 0. The van der Waals surface area contributed by atoms with Gasteiger partial charge >= 0.3 is 0 Å². The highest BCUT2D eigenvalue weighted by atomic mass is 16.6. The molecule has 3 heteroatoms. The first-order valence-electron chi connectivity index (χ1n) is 3.82. The minimum absolute atomic E-state index is 0.0532. The Morgan fingerprint density at radius 3 is 2.25 bits per heavy atom. The van der Waals surface area contributed by atoms with Crippen LogP contribution in [0.5, 0.6) is 0 Å². The van der Waals surface area contributed by atoms with E-state index in [0.29, 0.717) is 0 Å². The number of nitro groups is 1. The second-order valence-electron chi connectivity index (χ2n) is 1.58. The first-order chi connectivity index (χ1) is 5.72. The van der Waals surface area contributed by atoms with E-state index in [1.165, 1.54) is 18.2 Å². The van der Waals surface area contributed by atoms with Crippen molar-refractivity contribution in [2.24, 2.45) is 0 Å². The fraction of sp³-hybridized carbons (Fsp3) is 0.333. The molecule has 0 aromatic heterocycles. The van der Waals surface area contributed by atoms with E-state index in [1.807, 2.05) is 13.8 Å². The monoisotopic (exact) mass is 169 g/mol. The summed E-state index contributed by atoms with van der Waals surface area (Å²) in [5, 5.41) is 10.1. The summed E-state index contributed by atoms with van der Waals surface area (Å²) in [5.74, 6) is 0. The Morgan fingerprint density at radius 2 is 2.00 bits per heavy atom. The van der Waals surface area contributed by atoms with Crippen molar-refractivity contribution in [2.75, 3.05) is 0 Å². The van der Waals surface area contributed by atoms with Crippen molar-refractivity contribution in [3.63, 3.8) is 0 Å². The van der Waals surface area contributed by atoms with E-state index in [1.54, 1.807) is 13.0 Å². The van der Waals surface area contributed by atoms with Crippen LogP contribution in [0.1, 0.15) is 20.8 Å². The van der Waals surface area contributed by atoms with Crippen LogP contribution in [0.2, 0.25) is 0 Å². The predicted octanol–water partition coefficient (Wildman–Crippen LogP) is 2.94. The Bertz CT molecular complexity index is 193. The number of allylic oxidation sites excluding steroid dienone is 4. The van der Waals surface area contributed by atoms with Gasteiger partial charge in [0.2, 0.25) is 0 Å². The van der Waals surface area contributed by atoms with Crippen LogP contribution in [0, 0.1) is 10.1 Å². The molecule has 0 amide bonds. The largest absolute Gasteiger partial charge is 0.269 e. The predicted molar refractivity (Wildman–Crippen MR) is 51.4 cm³/mol. The third-order valence-corrected chi connectivity index (χ3v) is 0.837. The minimum Gasteiger partial charge on any atom is -0.258 e. The summed E-state index contributed by atoms with van der Waals surface area (Å²) in [4.78, 5) is 9.66. The van der Waals surface area contributed by atoms with Gasteiger partial charge in [0, 0.05) is 12.2 Å². The van der Waals surface area contributed by atoms with Gasteiger partial charge in [0.1, 0.15) is 0 Å². The molecule has 0 aromatic rings. The van der Waals surface area contributed by atoms with Gasteiger partial charge in [-0.3, -0.25) is 10.1 Å². The number of hydrogen-bond acceptors (Lipinski definition) is 2. The standard InChI is InChI=1S/C7H9NO2.C2H6/c1-3-5-7(6-4-2)8(9)10;1-2/h3-6H,1H2,2H3;1-2H3/b6-4-,7-5+;. The third-order valence-electron chi connectivity index (χ3n) is 0.837. The van der Waals surface area contributed by atoms with Gasteiger partial charge in [0.15, 0.2) is 0 Å². The second-order valence-corrected chi connectivity index (χ2v) is 1.58. The Hall–Kier alpha value is -1.38. The van der Waals surface area contributed by atoms with Gasteiger partial charge in [-0.05, 0) is 6.92 Å². The molecule has 0 aliphatic carbocycles. The van der Waals surface area contributed by atoms with Gasteiger partial charge in [-0.15, -0.1) is 0 Å². The van der Waals surface area contributed by atoms with Crippen molar-refractivity contribution in [1.29, 1.82) is 0 Å². The molecule has 0 aliphatic rings. The van der Waals surface area contributed by atoms with Crippen molar-refractivity contribution in [2.45, 2.75) is 20.8 Å². The molecular formula is C9H15NO2. The van der Waals surface area contributed by atoms with Crippen LogP contribution < -0.4 is 0 Å². The van der Waals surface area contributed by atoms with Gasteiger partial charge in [-0.25, -0.2) is 0 Å². The summed E-state index contributed by atoms with van der Waals surface area (Å²) in [7, 11) is 0. The summed E-state index contributed by atoms with van der Waals surface area (Å²) >= 11 is 0. The van der Waals surface area contributed by atoms with Crippen LogP contribution in [0.15, 0.2) is 36.6 Å². The van der Waals surface area contributed by atoms with E-state index >= 15 is 0 Å². The van der Waals surface area contributed by atoms with E-state index in [2.05, 4.69) is 6.58 Å². The highest BCUT2D eigenvalue weighted by molar-refractivity contribution is 5.15. The lowest BCUT2D eigenvalue weighted by Gasteiger charge is -1.85. The van der Waals surface area contributed by atoms with Crippen molar-refractivity contribution in [3.05, 3.63) is 46.7 Å². The molecule has 0 aromatic carbocycles. The lowest BCUT2D eigenvalue weighted by atomic mass is 10.3. The molecule has 0 heterocycles. The zero-order chi connectivity index (χ0) is 9.98. The molecule has 0 fully saturated rings. The smallest absolute Gasteiger partial charge is 0.258 e. The van der Waals surface area contributed by atoms with Gasteiger partial charge in [-0.1, -0.05) is 32.6 Å². The van der Waals surface area contributed by atoms with Gasteiger partial charge < -0.3 is 0 Å². The Balaban J connectivity index is 0. The van der Waals surface area contributed by atoms with Gasteiger partial charge in [0.25, 0.3) is 5.70 Å². The molecule has 0 aliphatic heterocycles. The molecule has 0 radical (unpaired) electrons. The summed E-state index contributed by atoms with van der Waals surface area (Å²) in [6.45, 7) is 9.07. The molecule has 0 saturated carbocycles. The maximum Gasteiger partial charge on any atom is 0.269 e. The lowest BCUT2D eigenvalue weighted by molar-refractivity contribution is -0.419. The van der Waals surface area contributed by atoms with E-state index in [9.17, 15) is 10.1 Å². The molecule has 0 N–H and O–H groups in total. The molecule has 0 rings (SSSR count). The Morgan fingerprint density at radius 1 is 1.50 bits per heavy atom. The maximum absolute atomic E-state index is 10.1. The summed E-state index contributed by atoms with van der Waals surface area (Å²) in [6.07, 6.45) is 5.76. The molecule has 0 unspecified atom stereocenters. The molecule has 0 spiro atoms. The van der Waals surface area contributed by atoms with Crippen molar-refractivity contribution in [3.8, 4) is 0 Å². The average Bonchev–Trinajstić information content (AvgIpc) is 2.08. The average molecular weight is 169 g/mol. The van der Waals surface area contributed by atoms with E-state index in [-0.39, 0.29) is 5.70 Å². The molecule has 0 atom stereocenters. The fourth-order valence-electron chi connectivity index (χ4n) is 0.469.